The van der Waals surface area contributed by atoms with Crippen LogP contribution in [-0.2, 0) is 6.54 Å². The van der Waals surface area contributed by atoms with Gasteiger partial charge in [-0.05, 0) is 31.0 Å². The Labute approximate surface area is 119 Å². The van der Waals surface area contributed by atoms with E-state index < -0.39 is 6.10 Å². The quantitative estimate of drug-likeness (QED) is 0.915. The van der Waals surface area contributed by atoms with Crippen molar-refractivity contribution in [3.63, 3.8) is 0 Å². The topological polar surface area (TPSA) is 23.5 Å². The third-order valence-electron chi connectivity index (χ3n) is 3.52. The number of rotatable bonds is 4. The molecule has 20 heavy (non-hydrogen) atoms. The first kappa shape index (κ1) is 14.5. The number of benzene rings is 2. The Bertz CT molecular complexity index is 595. The highest BCUT2D eigenvalue weighted by molar-refractivity contribution is 5.55. The normalized spacial score (nSPS) is 12.2. The van der Waals surface area contributed by atoms with E-state index in [1.54, 1.807) is 19.1 Å². The zero-order valence-corrected chi connectivity index (χ0v) is 12.1. The van der Waals surface area contributed by atoms with Crippen LogP contribution in [0.3, 0.4) is 0 Å². The lowest BCUT2D eigenvalue weighted by molar-refractivity contribution is 0.199. The van der Waals surface area contributed by atoms with E-state index in [1.165, 1.54) is 11.6 Å². The standard InChI is InChI=1S/C17H20FNO/c1-12-7-4-5-8-14(12)11-19(3)17-15(13(2)20)9-6-10-16(17)18/h4-10,13,20H,11H2,1-3H3/t13-/m1/s1. The summed E-state index contributed by atoms with van der Waals surface area (Å²) in [6.07, 6.45) is -0.694. The average Bonchev–Trinajstić information content (AvgIpc) is 2.40. The summed E-state index contributed by atoms with van der Waals surface area (Å²) in [5.41, 5.74) is 3.40. The molecule has 0 amide bonds. The number of nitrogens with zero attached hydrogens (tertiary/aromatic N) is 1. The lowest BCUT2D eigenvalue weighted by Gasteiger charge is -2.25. The molecule has 0 aliphatic heterocycles. The van der Waals surface area contributed by atoms with Crippen molar-refractivity contribution >= 4 is 5.69 Å². The molecule has 0 heterocycles. The van der Waals surface area contributed by atoms with Gasteiger partial charge in [0.2, 0.25) is 0 Å². The lowest BCUT2D eigenvalue weighted by atomic mass is 10.0. The van der Waals surface area contributed by atoms with Crippen molar-refractivity contribution < 1.29 is 9.50 Å². The van der Waals surface area contributed by atoms with Gasteiger partial charge in [-0.2, -0.15) is 0 Å². The average molecular weight is 273 g/mol. The van der Waals surface area contributed by atoms with E-state index in [0.29, 0.717) is 17.8 Å². The molecule has 0 fully saturated rings. The summed E-state index contributed by atoms with van der Waals surface area (Å²) >= 11 is 0. The molecule has 0 bridgehead atoms. The number of hydrogen-bond acceptors (Lipinski definition) is 2. The van der Waals surface area contributed by atoms with Crippen molar-refractivity contribution in [3.05, 3.63) is 65.0 Å². The summed E-state index contributed by atoms with van der Waals surface area (Å²) in [4.78, 5) is 1.85. The summed E-state index contributed by atoms with van der Waals surface area (Å²) in [7, 11) is 1.84. The SMILES string of the molecule is Cc1ccccc1CN(C)c1c(F)cccc1[C@@H](C)O. The molecule has 106 valence electrons. The van der Waals surface area contributed by atoms with Crippen molar-refractivity contribution in [1.82, 2.24) is 0 Å². The van der Waals surface area contributed by atoms with E-state index in [1.807, 2.05) is 43.1 Å². The summed E-state index contributed by atoms with van der Waals surface area (Å²) < 4.78 is 14.1. The third-order valence-corrected chi connectivity index (χ3v) is 3.52. The zero-order valence-electron chi connectivity index (χ0n) is 12.1. The van der Waals surface area contributed by atoms with Gasteiger partial charge in [-0.25, -0.2) is 4.39 Å². The Balaban J connectivity index is 2.34. The van der Waals surface area contributed by atoms with Gasteiger partial charge in [-0.1, -0.05) is 36.4 Å². The highest BCUT2D eigenvalue weighted by Gasteiger charge is 2.16. The number of aryl methyl sites for hydroxylation is 1. The molecular weight excluding hydrogens is 253 g/mol. The molecule has 0 aliphatic rings. The van der Waals surface area contributed by atoms with Gasteiger partial charge in [0.05, 0.1) is 11.8 Å². The second-order valence-electron chi connectivity index (χ2n) is 5.14. The highest BCUT2D eigenvalue weighted by Crippen LogP contribution is 2.29. The summed E-state index contributed by atoms with van der Waals surface area (Å²) in [5, 5.41) is 9.81. The van der Waals surface area contributed by atoms with Crippen LogP contribution in [0.4, 0.5) is 10.1 Å². The summed E-state index contributed by atoms with van der Waals surface area (Å²) in [5.74, 6) is -0.306. The molecule has 0 saturated heterocycles. The Morgan fingerprint density at radius 3 is 2.50 bits per heavy atom. The van der Waals surface area contributed by atoms with Crippen LogP contribution in [0.2, 0.25) is 0 Å². The van der Waals surface area contributed by atoms with Gasteiger partial charge in [-0.3, -0.25) is 0 Å². The molecule has 2 aromatic rings. The fourth-order valence-electron chi connectivity index (χ4n) is 2.39. The number of para-hydroxylation sites is 1. The van der Waals surface area contributed by atoms with Crippen LogP contribution in [0.5, 0.6) is 0 Å². The zero-order chi connectivity index (χ0) is 14.7. The lowest BCUT2D eigenvalue weighted by Crippen LogP contribution is -2.20. The Morgan fingerprint density at radius 2 is 1.85 bits per heavy atom. The minimum atomic E-state index is -0.694. The predicted molar refractivity (Wildman–Crippen MR) is 80.3 cm³/mol. The van der Waals surface area contributed by atoms with Crippen LogP contribution in [0.25, 0.3) is 0 Å². The number of aliphatic hydroxyl groups excluding tert-OH is 1. The van der Waals surface area contributed by atoms with Crippen LogP contribution < -0.4 is 4.90 Å². The first-order chi connectivity index (χ1) is 9.50. The van der Waals surface area contributed by atoms with Crippen molar-refractivity contribution in [1.29, 1.82) is 0 Å². The molecule has 0 aromatic heterocycles. The highest BCUT2D eigenvalue weighted by atomic mass is 19.1. The largest absolute Gasteiger partial charge is 0.389 e. The molecule has 1 N–H and O–H groups in total. The number of anilines is 1. The van der Waals surface area contributed by atoms with Crippen LogP contribution in [0.1, 0.15) is 29.7 Å². The van der Waals surface area contributed by atoms with Gasteiger partial charge in [0.1, 0.15) is 5.82 Å². The van der Waals surface area contributed by atoms with Crippen molar-refractivity contribution in [3.8, 4) is 0 Å². The monoisotopic (exact) mass is 273 g/mol. The third kappa shape index (κ3) is 2.99. The minimum Gasteiger partial charge on any atom is -0.389 e. The fraction of sp³-hybridized carbons (Fsp3) is 0.294. The molecule has 1 atom stereocenters. The smallest absolute Gasteiger partial charge is 0.146 e. The van der Waals surface area contributed by atoms with E-state index in [4.69, 9.17) is 0 Å². The molecule has 0 spiro atoms. The fourth-order valence-corrected chi connectivity index (χ4v) is 2.39. The van der Waals surface area contributed by atoms with Crippen molar-refractivity contribution in [2.24, 2.45) is 0 Å². The minimum absolute atomic E-state index is 0.306. The van der Waals surface area contributed by atoms with Crippen LogP contribution in [0, 0.1) is 12.7 Å². The van der Waals surface area contributed by atoms with Gasteiger partial charge in [0.15, 0.2) is 0 Å². The molecule has 2 nitrogen and oxygen atoms in total. The number of aliphatic hydroxyl groups is 1. The molecule has 3 heteroatoms. The second-order valence-corrected chi connectivity index (χ2v) is 5.14. The Hall–Kier alpha value is -1.87. The molecular formula is C17H20FNO. The Morgan fingerprint density at radius 1 is 1.15 bits per heavy atom. The van der Waals surface area contributed by atoms with Gasteiger partial charge < -0.3 is 10.0 Å². The first-order valence-electron chi connectivity index (χ1n) is 6.73. The van der Waals surface area contributed by atoms with Crippen LogP contribution >= 0.6 is 0 Å². The van der Waals surface area contributed by atoms with E-state index in [0.717, 1.165) is 5.56 Å². The molecule has 0 unspecified atom stereocenters. The van der Waals surface area contributed by atoms with Gasteiger partial charge >= 0.3 is 0 Å². The maximum atomic E-state index is 14.1. The van der Waals surface area contributed by atoms with E-state index in [2.05, 4.69) is 0 Å². The first-order valence-corrected chi connectivity index (χ1v) is 6.73. The molecule has 0 saturated carbocycles. The number of halogens is 1. The van der Waals surface area contributed by atoms with Crippen LogP contribution in [0.15, 0.2) is 42.5 Å². The second kappa shape index (κ2) is 6.06. The molecule has 0 aliphatic carbocycles. The predicted octanol–water partition coefficient (Wildman–Crippen LogP) is 3.82. The molecule has 2 rings (SSSR count). The van der Waals surface area contributed by atoms with Crippen molar-refractivity contribution in [2.45, 2.75) is 26.5 Å². The maximum Gasteiger partial charge on any atom is 0.146 e. The molecule has 2 aromatic carbocycles. The van der Waals surface area contributed by atoms with Gasteiger partial charge in [0.25, 0.3) is 0 Å². The molecule has 0 radical (unpaired) electrons. The van der Waals surface area contributed by atoms with Gasteiger partial charge in [0, 0.05) is 19.2 Å². The van der Waals surface area contributed by atoms with Crippen LogP contribution in [-0.4, -0.2) is 12.2 Å². The van der Waals surface area contributed by atoms with Gasteiger partial charge in [-0.15, -0.1) is 0 Å². The Kier molecular flexibility index (Phi) is 4.40. The number of hydrogen-bond donors (Lipinski definition) is 1. The van der Waals surface area contributed by atoms with Crippen molar-refractivity contribution in [2.75, 3.05) is 11.9 Å². The summed E-state index contributed by atoms with van der Waals surface area (Å²) in [6, 6.07) is 12.9. The van der Waals surface area contributed by atoms with E-state index in [-0.39, 0.29) is 5.82 Å². The van der Waals surface area contributed by atoms with E-state index in [9.17, 15) is 9.50 Å². The maximum absolute atomic E-state index is 14.1. The van der Waals surface area contributed by atoms with E-state index >= 15 is 0 Å². The summed E-state index contributed by atoms with van der Waals surface area (Å²) in [6.45, 7) is 4.30.